The molecule has 2 rings (SSSR count). The summed E-state index contributed by atoms with van der Waals surface area (Å²) in [4.78, 5) is 25.0. The highest BCUT2D eigenvalue weighted by atomic mass is 19.4. The number of nitrogens with zero attached hydrogens (tertiary/aromatic N) is 1. The highest BCUT2D eigenvalue weighted by Crippen LogP contribution is 2.41. The number of hydrogen-bond donors (Lipinski definition) is 2. The lowest BCUT2D eigenvalue weighted by Crippen LogP contribution is -2.48. The van der Waals surface area contributed by atoms with Crippen molar-refractivity contribution >= 4 is 11.8 Å². The smallest absolute Gasteiger partial charge is 0.376 e. The van der Waals surface area contributed by atoms with Gasteiger partial charge >= 0.3 is 6.18 Å². The van der Waals surface area contributed by atoms with Gasteiger partial charge in [-0.05, 0) is 12.0 Å². The quantitative estimate of drug-likeness (QED) is 0.871. The Morgan fingerprint density at radius 3 is 2.43 bits per heavy atom. The zero-order valence-electron chi connectivity index (χ0n) is 12.4. The van der Waals surface area contributed by atoms with Crippen LogP contribution in [0.25, 0.3) is 0 Å². The zero-order valence-corrected chi connectivity index (χ0v) is 12.4. The number of aliphatic hydroxyl groups is 1. The van der Waals surface area contributed by atoms with Crippen LogP contribution in [0, 0.1) is 0 Å². The van der Waals surface area contributed by atoms with Crippen LogP contribution in [-0.2, 0) is 15.2 Å². The van der Waals surface area contributed by atoms with Crippen LogP contribution in [0.2, 0.25) is 0 Å². The van der Waals surface area contributed by atoms with E-state index in [1.807, 2.05) is 0 Å². The summed E-state index contributed by atoms with van der Waals surface area (Å²) in [6.45, 7) is 0.423. The summed E-state index contributed by atoms with van der Waals surface area (Å²) in [6.07, 6.45) is -5.90. The summed E-state index contributed by atoms with van der Waals surface area (Å²) in [7, 11) is 1.55. The number of nitrogens with one attached hydrogen (secondary N) is 1. The zero-order chi connectivity index (χ0) is 17.3. The third-order valence-corrected chi connectivity index (χ3v) is 3.90. The molecule has 1 saturated heterocycles. The average molecular weight is 330 g/mol. The minimum Gasteiger partial charge on any atom is -0.376 e. The largest absolute Gasteiger partial charge is 0.421 e. The van der Waals surface area contributed by atoms with Crippen LogP contribution in [0.1, 0.15) is 18.4 Å². The monoisotopic (exact) mass is 330 g/mol. The van der Waals surface area contributed by atoms with E-state index in [0.29, 0.717) is 13.0 Å². The van der Waals surface area contributed by atoms with Crippen LogP contribution < -0.4 is 5.32 Å². The second-order valence-electron chi connectivity index (χ2n) is 5.57. The van der Waals surface area contributed by atoms with E-state index in [1.165, 1.54) is 23.1 Å². The van der Waals surface area contributed by atoms with E-state index >= 15 is 0 Å². The summed E-state index contributed by atoms with van der Waals surface area (Å²) >= 11 is 0. The third kappa shape index (κ3) is 3.47. The SMILES string of the molecule is CN1CC[C@@H](NC(=O)C[C@](O)(c2ccccc2)C(F)(F)F)C1=O. The molecule has 23 heavy (non-hydrogen) atoms. The molecule has 1 aromatic rings. The summed E-state index contributed by atoms with van der Waals surface area (Å²) < 4.78 is 39.9. The Labute approximate surface area is 131 Å². The number of hydrogen-bond acceptors (Lipinski definition) is 3. The molecule has 0 saturated carbocycles. The molecule has 0 bridgehead atoms. The topological polar surface area (TPSA) is 69.6 Å². The van der Waals surface area contributed by atoms with Crippen molar-refractivity contribution in [3.05, 3.63) is 35.9 Å². The van der Waals surface area contributed by atoms with Gasteiger partial charge in [-0.25, -0.2) is 0 Å². The van der Waals surface area contributed by atoms with Gasteiger partial charge in [-0.2, -0.15) is 13.2 Å². The molecule has 5 nitrogen and oxygen atoms in total. The highest BCUT2D eigenvalue weighted by Gasteiger charge is 2.56. The summed E-state index contributed by atoms with van der Waals surface area (Å²) in [5, 5.41) is 12.4. The van der Waals surface area contributed by atoms with Gasteiger partial charge in [-0.15, -0.1) is 0 Å². The van der Waals surface area contributed by atoms with Gasteiger partial charge in [0.05, 0.1) is 6.42 Å². The van der Waals surface area contributed by atoms with Crippen molar-refractivity contribution in [2.75, 3.05) is 13.6 Å². The van der Waals surface area contributed by atoms with E-state index in [-0.39, 0.29) is 5.91 Å². The van der Waals surface area contributed by atoms with E-state index in [2.05, 4.69) is 5.32 Å². The first-order valence-electron chi connectivity index (χ1n) is 7.04. The van der Waals surface area contributed by atoms with Crippen LogP contribution in [0.3, 0.4) is 0 Å². The van der Waals surface area contributed by atoms with Gasteiger partial charge in [0.2, 0.25) is 11.8 Å². The Morgan fingerprint density at radius 2 is 1.96 bits per heavy atom. The number of amides is 2. The minimum absolute atomic E-state index is 0.330. The number of benzene rings is 1. The summed E-state index contributed by atoms with van der Waals surface area (Å²) in [6, 6.07) is 5.57. The Balaban J connectivity index is 2.16. The molecule has 0 spiro atoms. The Kier molecular flexibility index (Phi) is 4.65. The van der Waals surface area contributed by atoms with E-state index in [1.54, 1.807) is 7.05 Å². The number of carbonyl (C=O) groups is 2. The molecular formula is C15H17F3N2O3. The molecule has 0 aliphatic carbocycles. The molecule has 0 radical (unpaired) electrons. The first-order chi connectivity index (χ1) is 10.6. The average Bonchev–Trinajstić information content (AvgIpc) is 2.79. The molecule has 2 N–H and O–H groups in total. The van der Waals surface area contributed by atoms with Crippen molar-refractivity contribution in [1.82, 2.24) is 10.2 Å². The summed E-state index contributed by atoms with van der Waals surface area (Å²) in [5.41, 5.74) is -3.72. The predicted octanol–water partition coefficient (Wildman–Crippen LogP) is 1.17. The van der Waals surface area contributed by atoms with Crippen LogP contribution in [0.15, 0.2) is 30.3 Å². The fourth-order valence-electron chi connectivity index (χ4n) is 2.51. The number of likely N-dealkylation sites (tertiary alicyclic amines) is 1. The summed E-state index contributed by atoms with van der Waals surface area (Å²) in [5.74, 6) is -1.38. The van der Waals surface area contributed by atoms with Crippen molar-refractivity contribution in [1.29, 1.82) is 0 Å². The Bertz CT molecular complexity index is 591. The molecular weight excluding hydrogens is 313 g/mol. The van der Waals surface area contributed by atoms with Crippen molar-refractivity contribution in [3.8, 4) is 0 Å². The number of halogens is 3. The third-order valence-electron chi connectivity index (χ3n) is 3.90. The second kappa shape index (κ2) is 6.19. The van der Waals surface area contributed by atoms with E-state index < -0.39 is 35.7 Å². The van der Waals surface area contributed by atoms with Gasteiger partial charge < -0.3 is 15.3 Å². The molecule has 2 atom stereocenters. The first kappa shape index (κ1) is 17.3. The number of carbonyl (C=O) groups excluding carboxylic acids is 2. The van der Waals surface area contributed by atoms with E-state index in [9.17, 15) is 27.9 Å². The molecule has 0 aromatic heterocycles. The van der Waals surface area contributed by atoms with Gasteiger partial charge in [0.1, 0.15) is 6.04 Å². The van der Waals surface area contributed by atoms with Crippen LogP contribution in [0.4, 0.5) is 13.2 Å². The fourth-order valence-corrected chi connectivity index (χ4v) is 2.51. The van der Waals surface area contributed by atoms with Gasteiger partial charge in [-0.1, -0.05) is 30.3 Å². The van der Waals surface area contributed by atoms with Crippen molar-refractivity contribution < 1.29 is 27.9 Å². The molecule has 1 heterocycles. The van der Waals surface area contributed by atoms with Crippen LogP contribution in [0.5, 0.6) is 0 Å². The first-order valence-corrected chi connectivity index (χ1v) is 7.04. The molecule has 126 valence electrons. The van der Waals surface area contributed by atoms with Crippen molar-refractivity contribution in [3.63, 3.8) is 0 Å². The molecule has 1 aliphatic rings. The molecule has 1 fully saturated rings. The normalized spacial score (nSPS) is 21.2. The second-order valence-corrected chi connectivity index (χ2v) is 5.57. The predicted molar refractivity (Wildman–Crippen MR) is 75.2 cm³/mol. The number of rotatable bonds is 4. The fraction of sp³-hybridized carbons (Fsp3) is 0.467. The van der Waals surface area contributed by atoms with Gasteiger partial charge in [0.15, 0.2) is 5.60 Å². The van der Waals surface area contributed by atoms with Gasteiger partial charge in [0.25, 0.3) is 0 Å². The Morgan fingerprint density at radius 1 is 1.35 bits per heavy atom. The number of alkyl halides is 3. The number of likely N-dealkylation sites (N-methyl/N-ethyl adjacent to an activating group) is 1. The highest BCUT2D eigenvalue weighted by molar-refractivity contribution is 5.89. The van der Waals surface area contributed by atoms with Crippen molar-refractivity contribution in [2.45, 2.75) is 30.7 Å². The molecule has 1 aromatic carbocycles. The lowest BCUT2D eigenvalue weighted by Gasteiger charge is -2.30. The van der Waals surface area contributed by atoms with E-state index in [0.717, 1.165) is 12.1 Å². The lowest BCUT2D eigenvalue weighted by atomic mass is 9.89. The van der Waals surface area contributed by atoms with E-state index in [4.69, 9.17) is 0 Å². The standard InChI is InChI=1S/C15H17F3N2O3/c1-20-8-7-11(13(20)22)19-12(21)9-14(23,15(16,17)18)10-5-3-2-4-6-10/h2-6,11,23H,7-9H2,1H3,(H,19,21)/t11-,14+/m1/s1. The van der Waals surface area contributed by atoms with Crippen LogP contribution >= 0.6 is 0 Å². The van der Waals surface area contributed by atoms with Gasteiger partial charge in [0, 0.05) is 13.6 Å². The maximum atomic E-state index is 13.3. The molecule has 8 heteroatoms. The maximum Gasteiger partial charge on any atom is 0.421 e. The van der Waals surface area contributed by atoms with Crippen molar-refractivity contribution in [2.24, 2.45) is 0 Å². The molecule has 1 aliphatic heterocycles. The Hall–Kier alpha value is -2.09. The molecule has 0 unspecified atom stereocenters. The minimum atomic E-state index is -5.03. The molecule has 2 amide bonds. The maximum absolute atomic E-state index is 13.3. The van der Waals surface area contributed by atoms with Gasteiger partial charge in [-0.3, -0.25) is 9.59 Å². The lowest BCUT2D eigenvalue weighted by molar-refractivity contribution is -0.267. The van der Waals surface area contributed by atoms with Crippen LogP contribution in [-0.4, -0.2) is 47.6 Å².